The normalized spacial score (nSPS) is 36.0. The molecule has 0 bridgehead atoms. The molecule has 5 rings (SSSR count). The molecule has 4 nitrogen and oxygen atoms in total. The Morgan fingerprint density at radius 3 is 2.73 bits per heavy atom. The van der Waals surface area contributed by atoms with Crippen molar-refractivity contribution in [2.24, 2.45) is 23.2 Å². The molecular weight excluding hydrogens is 376 g/mol. The number of ether oxygens (including phenoxy) is 2. The van der Waals surface area contributed by atoms with Gasteiger partial charge in [-0.15, -0.1) is 0 Å². The summed E-state index contributed by atoms with van der Waals surface area (Å²) in [5.74, 6) is 1.81. The molecule has 5 aliphatic carbocycles. The first kappa shape index (κ1) is 20.1. The van der Waals surface area contributed by atoms with Crippen LogP contribution in [0.25, 0.3) is 0 Å². The average molecular weight is 411 g/mol. The molecule has 30 heavy (non-hydrogen) atoms. The van der Waals surface area contributed by atoms with Gasteiger partial charge >= 0.3 is 6.16 Å². The maximum Gasteiger partial charge on any atom is 0.508 e. The molecule has 4 atom stereocenters. The fraction of sp³-hybridized carbons (Fsp3) is 0.692. The second kappa shape index (κ2) is 8.01. The number of allylic oxidation sites excluding steroid dienone is 5. The van der Waals surface area contributed by atoms with E-state index in [1.54, 1.807) is 0 Å². The molecule has 0 aromatic carbocycles. The smallest absolute Gasteiger partial charge is 0.434 e. The van der Waals surface area contributed by atoms with E-state index in [1.165, 1.54) is 48.8 Å². The lowest BCUT2D eigenvalue weighted by molar-refractivity contribution is -0.114. The van der Waals surface area contributed by atoms with E-state index in [0.29, 0.717) is 30.8 Å². The third kappa shape index (κ3) is 3.56. The molecule has 0 unspecified atom stereocenters. The van der Waals surface area contributed by atoms with E-state index in [-0.39, 0.29) is 17.3 Å². The van der Waals surface area contributed by atoms with Gasteiger partial charge in [0.1, 0.15) is 6.10 Å². The molecule has 0 radical (unpaired) electrons. The van der Waals surface area contributed by atoms with Crippen molar-refractivity contribution in [2.75, 3.05) is 6.61 Å². The molecule has 5 aliphatic rings. The zero-order valence-corrected chi connectivity index (χ0v) is 18.2. The van der Waals surface area contributed by atoms with Crippen LogP contribution in [0.2, 0.25) is 0 Å². The molecule has 0 spiro atoms. The minimum absolute atomic E-state index is 0.103. The summed E-state index contributed by atoms with van der Waals surface area (Å²) in [6.45, 7) is 2.77. The highest BCUT2D eigenvalue weighted by Crippen LogP contribution is 2.58. The predicted octanol–water partition coefficient (Wildman–Crippen LogP) is 6.07. The van der Waals surface area contributed by atoms with E-state index >= 15 is 0 Å². The van der Waals surface area contributed by atoms with Crippen LogP contribution in [0.3, 0.4) is 0 Å². The highest BCUT2D eigenvalue weighted by atomic mass is 16.7. The number of rotatable bonds is 3. The molecule has 0 aromatic heterocycles. The van der Waals surface area contributed by atoms with Crippen molar-refractivity contribution in [3.05, 3.63) is 34.9 Å². The van der Waals surface area contributed by atoms with Crippen LogP contribution >= 0.6 is 0 Å². The molecule has 162 valence electrons. The minimum Gasteiger partial charge on any atom is -0.434 e. The summed E-state index contributed by atoms with van der Waals surface area (Å²) < 4.78 is 11.4. The lowest BCUT2D eigenvalue weighted by atomic mass is 9.60. The summed E-state index contributed by atoms with van der Waals surface area (Å²) >= 11 is 0. The van der Waals surface area contributed by atoms with E-state index < -0.39 is 6.16 Å². The van der Waals surface area contributed by atoms with Crippen LogP contribution in [0, 0.1) is 23.2 Å². The van der Waals surface area contributed by atoms with Crippen molar-refractivity contribution in [1.82, 2.24) is 0 Å². The van der Waals surface area contributed by atoms with Gasteiger partial charge in [0.15, 0.2) is 5.78 Å². The van der Waals surface area contributed by atoms with Gasteiger partial charge in [0.2, 0.25) is 0 Å². The molecule has 0 N–H and O–H groups in total. The molecule has 0 amide bonds. The van der Waals surface area contributed by atoms with Crippen molar-refractivity contribution in [3.8, 4) is 0 Å². The summed E-state index contributed by atoms with van der Waals surface area (Å²) in [5, 5.41) is 0. The van der Waals surface area contributed by atoms with E-state index in [0.717, 1.165) is 32.1 Å². The summed E-state index contributed by atoms with van der Waals surface area (Å²) in [6.07, 6.45) is 17.6. The number of hydrogen-bond acceptors (Lipinski definition) is 4. The number of carbonyl (C=O) groups excluding carboxylic acids is 2. The molecule has 2 saturated carbocycles. The first-order valence-electron chi connectivity index (χ1n) is 12.0. The summed E-state index contributed by atoms with van der Waals surface area (Å²) in [6, 6.07) is 0. The Bertz CT molecular complexity index is 813. The van der Waals surface area contributed by atoms with Crippen molar-refractivity contribution in [2.45, 2.75) is 83.7 Å². The van der Waals surface area contributed by atoms with E-state index in [2.05, 4.69) is 19.1 Å². The Balaban J connectivity index is 1.28. The third-order valence-electron chi connectivity index (χ3n) is 8.56. The van der Waals surface area contributed by atoms with Gasteiger partial charge in [0, 0.05) is 11.8 Å². The van der Waals surface area contributed by atoms with Crippen LogP contribution in [-0.4, -0.2) is 24.6 Å². The van der Waals surface area contributed by atoms with Crippen LogP contribution in [0.5, 0.6) is 0 Å². The first-order valence-corrected chi connectivity index (χ1v) is 12.0. The molecular formula is C26H34O4. The zero-order chi connectivity index (χ0) is 20.7. The summed E-state index contributed by atoms with van der Waals surface area (Å²) in [7, 11) is 0. The van der Waals surface area contributed by atoms with Gasteiger partial charge in [-0.3, -0.25) is 4.79 Å². The number of fused-ring (bicyclic) bond motifs is 4. The average Bonchev–Trinajstić information content (AvgIpc) is 3.09. The molecule has 0 saturated heterocycles. The van der Waals surface area contributed by atoms with Gasteiger partial charge in [-0.05, 0) is 85.5 Å². The van der Waals surface area contributed by atoms with E-state index in [9.17, 15) is 9.59 Å². The topological polar surface area (TPSA) is 52.6 Å². The Hall–Kier alpha value is -1.84. The predicted molar refractivity (Wildman–Crippen MR) is 115 cm³/mol. The number of hydrogen-bond donors (Lipinski definition) is 0. The van der Waals surface area contributed by atoms with Gasteiger partial charge in [0.05, 0.1) is 6.61 Å². The quantitative estimate of drug-likeness (QED) is 0.530. The first-order chi connectivity index (χ1) is 14.5. The number of ketones is 1. The molecule has 2 fully saturated rings. The Morgan fingerprint density at radius 2 is 1.90 bits per heavy atom. The fourth-order valence-corrected chi connectivity index (χ4v) is 6.85. The van der Waals surface area contributed by atoms with Gasteiger partial charge in [-0.25, -0.2) is 4.79 Å². The number of carbonyl (C=O) groups is 2. The van der Waals surface area contributed by atoms with Crippen LogP contribution in [-0.2, 0) is 14.3 Å². The standard InChI is InChI=1S/C26H34O4/c1-26-14-13-21-20-10-8-19(27)15-18(20)7-9-22(21)23(26)11-12-24(26)30-25(28)29-16-17-5-3-2-4-6-17/h13-15,17,22-24H,2-12,16H2,1H3/t22-,23+,24+,26+/m0/s1. The third-order valence-corrected chi connectivity index (χ3v) is 8.56. The molecule has 0 aromatic rings. The van der Waals surface area contributed by atoms with Gasteiger partial charge < -0.3 is 9.47 Å². The Morgan fingerprint density at radius 1 is 1.07 bits per heavy atom. The lowest BCUT2D eigenvalue weighted by Crippen LogP contribution is -2.41. The van der Waals surface area contributed by atoms with Crippen LogP contribution in [0.1, 0.15) is 77.6 Å². The second-order valence-electron chi connectivity index (χ2n) is 10.3. The second-order valence-corrected chi connectivity index (χ2v) is 10.3. The van der Waals surface area contributed by atoms with Gasteiger partial charge in [-0.2, -0.15) is 0 Å². The van der Waals surface area contributed by atoms with E-state index in [1.807, 2.05) is 6.08 Å². The maximum atomic E-state index is 12.4. The van der Waals surface area contributed by atoms with Crippen LogP contribution in [0.4, 0.5) is 4.79 Å². The Labute approximate surface area is 179 Å². The Kier molecular flexibility index (Phi) is 5.37. The van der Waals surface area contributed by atoms with Gasteiger partial charge in [0.25, 0.3) is 0 Å². The highest BCUT2D eigenvalue weighted by molar-refractivity contribution is 5.93. The molecule has 0 aliphatic heterocycles. The highest BCUT2D eigenvalue weighted by Gasteiger charge is 2.53. The van der Waals surface area contributed by atoms with Crippen LogP contribution < -0.4 is 0 Å². The minimum atomic E-state index is -0.482. The summed E-state index contributed by atoms with van der Waals surface area (Å²) in [4.78, 5) is 24.3. The maximum absolute atomic E-state index is 12.4. The monoisotopic (exact) mass is 410 g/mol. The summed E-state index contributed by atoms with van der Waals surface area (Å²) in [5.41, 5.74) is 4.01. The van der Waals surface area contributed by atoms with Crippen molar-refractivity contribution in [3.63, 3.8) is 0 Å². The SMILES string of the molecule is C[C@@]12C=CC3=C4CCC(=O)C=C4CC[C@@H]3[C@H]1CC[C@H]2OC(=O)OCC1CCCCC1. The van der Waals surface area contributed by atoms with E-state index in [4.69, 9.17) is 9.47 Å². The van der Waals surface area contributed by atoms with Gasteiger partial charge in [-0.1, -0.05) is 38.3 Å². The van der Waals surface area contributed by atoms with Crippen molar-refractivity contribution >= 4 is 11.9 Å². The van der Waals surface area contributed by atoms with Crippen molar-refractivity contribution in [1.29, 1.82) is 0 Å². The fourth-order valence-electron chi connectivity index (χ4n) is 6.85. The van der Waals surface area contributed by atoms with Crippen molar-refractivity contribution < 1.29 is 19.1 Å². The molecule has 0 heterocycles. The molecule has 4 heteroatoms. The lowest BCUT2D eigenvalue weighted by Gasteiger charge is -2.45. The largest absolute Gasteiger partial charge is 0.508 e. The zero-order valence-electron chi connectivity index (χ0n) is 18.2. The van der Waals surface area contributed by atoms with Crippen LogP contribution in [0.15, 0.2) is 34.9 Å².